The molecule has 0 aromatic heterocycles. The molecule has 0 saturated carbocycles. The lowest BCUT2D eigenvalue weighted by Crippen LogP contribution is -2.30. The summed E-state index contributed by atoms with van der Waals surface area (Å²) in [6.07, 6.45) is 0. The van der Waals surface area contributed by atoms with Crippen molar-refractivity contribution < 1.29 is 14.2 Å². The highest BCUT2D eigenvalue weighted by molar-refractivity contribution is 9.10. The van der Waals surface area contributed by atoms with Crippen molar-refractivity contribution in [2.75, 3.05) is 27.4 Å². The van der Waals surface area contributed by atoms with Gasteiger partial charge in [0.1, 0.15) is 16.0 Å². The Labute approximate surface area is 136 Å². The molecule has 120 valence electrons. The van der Waals surface area contributed by atoms with Crippen molar-refractivity contribution in [3.05, 3.63) is 22.2 Å². The number of hydrogen-bond acceptors (Lipinski definition) is 4. The van der Waals surface area contributed by atoms with Gasteiger partial charge in [-0.1, -0.05) is 6.92 Å². The molecule has 1 aromatic carbocycles. The lowest BCUT2D eigenvalue weighted by Gasteiger charge is -2.27. The number of hydrogen-bond donors (Lipinski definition) is 1. The Bertz CT molecular complexity index is 458. The fourth-order valence-corrected chi connectivity index (χ4v) is 2.72. The van der Waals surface area contributed by atoms with Crippen LogP contribution in [0.25, 0.3) is 0 Å². The van der Waals surface area contributed by atoms with Crippen molar-refractivity contribution in [1.29, 1.82) is 0 Å². The first-order chi connectivity index (χ1) is 9.84. The Morgan fingerprint density at radius 2 is 1.86 bits per heavy atom. The van der Waals surface area contributed by atoms with E-state index >= 15 is 0 Å². The fourth-order valence-electron chi connectivity index (χ4n) is 2.03. The minimum atomic E-state index is -0.176. The van der Waals surface area contributed by atoms with E-state index in [0.717, 1.165) is 28.1 Å². The number of benzene rings is 1. The zero-order chi connectivity index (χ0) is 16.0. The first-order valence-corrected chi connectivity index (χ1v) is 7.91. The van der Waals surface area contributed by atoms with Crippen LogP contribution >= 0.6 is 15.9 Å². The molecule has 4 nitrogen and oxygen atoms in total. The SMILES string of the molecule is CCNC(COC(C)(C)C)c1ccc(OC)c(Br)c1OC. The summed E-state index contributed by atoms with van der Waals surface area (Å²) in [5, 5.41) is 3.44. The van der Waals surface area contributed by atoms with E-state index in [-0.39, 0.29) is 11.6 Å². The van der Waals surface area contributed by atoms with Crippen molar-refractivity contribution in [1.82, 2.24) is 5.32 Å². The Kier molecular flexibility index (Phi) is 6.97. The van der Waals surface area contributed by atoms with Gasteiger partial charge >= 0.3 is 0 Å². The molecule has 1 N–H and O–H groups in total. The molecule has 0 radical (unpaired) electrons. The molecule has 5 heteroatoms. The quantitative estimate of drug-likeness (QED) is 0.800. The lowest BCUT2D eigenvalue weighted by atomic mass is 10.1. The Morgan fingerprint density at radius 1 is 1.19 bits per heavy atom. The second kappa shape index (κ2) is 8.01. The number of halogens is 1. The highest BCUT2D eigenvalue weighted by Crippen LogP contribution is 2.39. The van der Waals surface area contributed by atoms with Gasteiger partial charge in [-0.05, 0) is 55.4 Å². The van der Waals surface area contributed by atoms with Crippen LogP contribution in [-0.4, -0.2) is 33.0 Å². The molecule has 0 spiro atoms. The highest BCUT2D eigenvalue weighted by Gasteiger charge is 2.22. The van der Waals surface area contributed by atoms with E-state index in [4.69, 9.17) is 14.2 Å². The molecule has 0 bridgehead atoms. The van der Waals surface area contributed by atoms with Crippen LogP contribution in [0.15, 0.2) is 16.6 Å². The van der Waals surface area contributed by atoms with Gasteiger partial charge in [-0.25, -0.2) is 0 Å². The molecular formula is C16H26BrNO3. The molecule has 21 heavy (non-hydrogen) atoms. The first-order valence-electron chi connectivity index (χ1n) is 7.11. The minimum absolute atomic E-state index is 0.0615. The molecule has 1 unspecified atom stereocenters. The number of ether oxygens (including phenoxy) is 3. The van der Waals surface area contributed by atoms with Gasteiger partial charge in [-0.15, -0.1) is 0 Å². The topological polar surface area (TPSA) is 39.7 Å². The zero-order valence-electron chi connectivity index (χ0n) is 13.7. The van der Waals surface area contributed by atoms with E-state index in [0.29, 0.717) is 6.61 Å². The lowest BCUT2D eigenvalue weighted by molar-refractivity contribution is -0.0148. The van der Waals surface area contributed by atoms with E-state index < -0.39 is 0 Å². The van der Waals surface area contributed by atoms with Crippen molar-refractivity contribution in [3.63, 3.8) is 0 Å². The van der Waals surface area contributed by atoms with E-state index in [1.165, 1.54) is 0 Å². The molecule has 1 aromatic rings. The summed E-state index contributed by atoms with van der Waals surface area (Å²) in [7, 11) is 3.31. The van der Waals surface area contributed by atoms with E-state index in [9.17, 15) is 0 Å². The van der Waals surface area contributed by atoms with Crippen molar-refractivity contribution >= 4 is 15.9 Å². The molecule has 0 heterocycles. The maximum absolute atomic E-state index is 5.93. The summed E-state index contributed by atoms with van der Waals surface area (Å²) >= 11 is 3.54. The van der Waals surface area contributed by atoms with Crippen LogP contribution < -0.4 is 14.8 Å². The predicted octanol–water partition coefficient (Wildman–Crippen LogP) is 3.93. The summed E-state index contributed by atoms with van der Waals surface area (Å²) in [6, 6.07) is 4.01. The second-order valence-electron chi connectivity index (χ2n) is 5.74. The van der Waals surface area contributed by atoms with Crippen molar-refractivity contribution in [2.24, 2.45) is 0 Å². The smallest absolute Gasteiger partial charge is 0.141 e. The summed E-state index contributed by atoms with van der Waals surface area (Å²) in [6.45, 7) is 9.66. The van der Waals surface area contributed by atoms with Gasteiger partial charge in [0.25, 0.3) is 0 Å². The largest absolute Gasteiger partial charge is 0.495 e. The van der Waals surface area contributed by atoms with E-state index in [1.54, 1.807) is 14.2 Å². The first kappa shape index (κ1) is 18.3. The van der Waals surface area contributed by atoms with Crippen molar-refractivity contribution in [2.45, 2.75) is 39.3 Å². The number of rotatable bonds is 7. The van der Waals surface area contributed by atoms with Crippen LogP contribution in [0, 0.1) is 0 Å². The Morgan fingerprint density at radius 3 is 2.33 bits per heavy atom. The predicted molar refractivity (Wildman–Crippen MR) is 89.4 cm³/mol. The Balaban J connectivity index is 3.10. The van der Waals surface area contributed by atoms with Crippen LogP contribution in [0.4, 0.5) is 0 Å². The summed E-state index contributed by atoms with van der Waals surface area (Å²) in [5.41, 5.74) is 0.876. The molecular weight excluding hydrogens is 334 g/mol. The van der Waals surface area contributed by atoms with Crippen LogP contribution in [-0.2, 0) is 4.74 Å². The standard InChI is InChI=1S/C16H26BrNO3/c1-7-18-12(10-21-16(2,3)4)11-8-9-13(19-5)14(17)15(11)20-6/h8-9,12,18H,7,10H2,1-6H3. The third-order valence-corrected chi connectivity index (χ3v) is 3.78. The van der Waals surface area contributed by atoms with Gasteiger partial charge in [0, 0.05) is 5.56 Å². The van der Waals surface area contributed by atoms with Gasteiger partial charge < -0.3 is 19.5 Å². The third kappa shape index (κ3) is 5.16. The molecule has 1 rings (SSSR count). The third-order valence-electron chi connectivity index (χ3n) is 3.03. The van der Waals surface area contributed by atoms with Gasteiger partial charge in [0.15, 0.2) is 0 Å². The van der Waals surface area contributed by atoms with Gasteiger partial charge in [-0.3, -0.25) is 0 Å². The molecule has 0 aliphatic rings. The van der Waals surface area contributed by atoms with E-state index in [1.807, 2.05) is 12.1 Å². The maximum Gasteiger partial charge on any atom is 0.141 e. The molecule has 0 amide bonds. The fraction of sp³-hybridized carbons (Fsp3) is 0.625. The summed E-state index contributed by atoms with van der Waals surface area (Å²) in [4.78, 5) is 0. The molecule has 0 saturated heterocycles. The van der Waals surface area contributed by atoms with Crippen LogP contribution in [0.5, 0.6) is 11.5 Å². The van der Waals surface area contributed by atoms with Crippen LogP contribution in [0.2, 0.25) is 0 Å². The van der Waals surface area contributed by atoms with Crippen LogP contribution in [0.1, 0.15) is 39.3 Å². The average molecular weight is 360 g/mol. The van der Waals surface area contributed by atoms with Gasteiger partial charge in [-0.2, -0.15) is 0 Å². The zero-order valence-corrected chi connectivity index (χ0v) is 15.3. The molecule has 0 aliphatic carbocycles. The monoisotopic (exact) mass is 359 g/mol. The summed E-state index contributed by atoms with van der Waals surface area (Å²) in [5.74, 6) is 1.53. The number of likely N-dealkylation sites (N-methyl/N-ethyl adjacent to an activating group) is 1. The Hall–Kier alpha value is -0.780. The molecule has 1 atom stereocenters. The number of methoxy groups -OCH3 is 2. The molecule has 0 fully saturated rings. The van der Waals surface area contributed by atoms with E-state index in [2.05, 4.69) is 48.9 Å². The summed E-state index contributed by atoms with van der Waals surface area (Å²) < 4.78 is 17.6. The second-order valence-corrected chi connectivity index (χ2v) is 6.53. The van der Waals surface area contributed by atoms with Crippen molar-refractivity contribution in [3.8, 4) is 11.5 Å². The average Bonchev–Trinajstić information content (AvgIpc) is 2.42. The van der Waals surface area contributed by atoms with Crippen LogP contribution in [0.3, 0.4) is 0 Å². The number of nitrogens with one attached hydrogen (secondary N) is 1. The van der Waals surface area contributed by atoms with Gasteiger partial charge in [0.2, 0.25) is 0 Å². The normalized spacial score (nSPS) is 13.1. The van der Waals surface area contributed by atoms with Gasteiger partial charge in [0.05, 0.1) is 32.5 Å². The minimum Gasteiger partial charge on any atom is -0.495 e. The highest BCUT2D eigenvalue weighted by atomic mass is 79.9. The maximum atomic E-state index is 5.93. The molecule has 0 aliphatic heterocycles.